The van der Waals surface area contributed by atoms with Gasteiger partial charge in [0.2, 0.25) is 0 Å². The Morgan fingerprint density at radius 1 is 1.36 bits per heavy atom. The highest BCUT2D eigenvalue weighted by Gasteiger charge is 2.09. The van der Waals surface area contributed by atoms with Crippen LogP contribution in [-0.4, -0.2) is 6.61 Å². The van der Waals surface area contributed by atoms with Crippen LogP contribution in [0.4, 0.5) is 0 Å². The van der Waals surface area contributed by atoms with Crippen LogP contribution in [0.1, 0.15) is 6.92 Å². The minimum atomic E-state index is 0.643. The summed E-state index contributed by atoms with van der Waals surface area (Å²) in [4.78, 5) is 0. The molecule has 0 aliphatic rings. The maximum absolute atomic E-state index is 6.04. The second kappa shape index (κ2) is 3.97. The number of ether oxygens (including phenoxy) is 1. The van der Waals surface area contributed by atoms with Crippen molar-refractivity contribution in [2.45, 2.75) is 6.92 Å². The second-order valence-corrected chi connectivity index (χ2v) is 4.86. The van der Waals surface area contributed by atoms with E-state index in [-0.39, 0.29) is 0 Å². The van der Waals surface area contributed by atoms with Crippen LogP contribution in [0.2, 0.25) is 9.36 Å². The van der Waals surface area contributed by atoms with Gasteiger partial charge in [-0.15, -0.1) is 11.3 Å². The summed E-state index contributed by atoms with van der Waals surface area (Å²) in [6, 6.07) is 5.59. The van der Waals surface area contributed by atoms with Crippen molar-refractivity contribution in [2.24, 2.45) is 0 Å². The molecule has 0 bridgehead atoms. The van der Waals surface area contributed by atoms with E-state index in [4.69, 9.17) is 27.9 Å². The van der Waals surface area contributed by atoms with Crippen LogP contribution in [0.15, 0.2) is 18.2 Å². The highest BCUT2D eigenvalue weighted by molar-refractivity contribution is 7.23. The Morgan fingerprint density at radius 2 is 2.14 bits per heavy atom. The molecule has 1 nitrogen and oxygen atoms in total. The van der Waals surface area contributed by atoms with Gasteiger partial charge in [-0.1, -0.05) is 23.2 Å². The number of hydrogen-bond donors (Lipinski definition) is 0. The quantitative estimate of drug-likeness (QED) is 0.753. The monoisotopic (exact) mass is 246 g/mol. The van der Waals surface area contributed by atoms with Gasteiger partial charge in [-0.05, 0) is 25.1 Å². The summed E-state index contributed by atoms with van der Waals surface area (Å²) in [5.41, 5.74) is 0. The van der Waals surface area contributed by atoms with E-state index in [1.165, 1.54) is 11.3 Å². The number of rotatable bonds is 2. The van der Waals surface area contributed by atoms with Crippen molar-refractivity contribution < 1.29 is 4.74 Å². The first-order valence-corrected chi connectivity index (χ1v) is 5.80. The van der Waals surface area contributed by atoms with E-state index >= 15 is 0 Å². The Hall–Kier alpha value is -0.440. The molecule has 0 radical (unpaired) electrons. The number of halogens is 2. The maximum Gasteiger partial charge on any atom is 0.128 e. The van der Waals surface area contributed by atoms with Gasteiger partial charge in [0.05, 0.1) is 20.7 Å². The van der Waals surface area contributed by atoms with Crippen molar-refractivity contribution >= 4 is 44.6 Å². The van der Waals surface area contributed by atoms with Crippen LogP contribution in [0.3, 0.4) is 0 Å². The van der Waals surface area contributed by atoms with E-state index < -0.39 is 0 Å². The summed E-state index contributed by atoms with van der Waals surface area (Å²) >= 11 is 13.4. The van der Waals surface area contributed by atoms with Crippen molar-refractivity contribution in [3.05, 3.63) is 27.6 Å². The first-order chi connectivity index (χ1) is 6.72. The van der Waals surface area contributed by atoms with Gasteiger partial charge in [0.25, 0.3) is 0 Å². The van der Waals surface area contributed by atoms with Gasteiger partial charge in [0, 0.05) is 5.39 Å². The molecule has 0 spiro atoms. The van der Waals surface area contributed by atoms with E-state index in [2.05, 4.69) is 0 Å². The standard InChI is InChI=1S/C10H8Cl2OS/c1-2-13-8-4-3-7(11)10-6(8)5-9(12)14-10/h3-5H,2H2,1H3. The normalized spacial score (nSPS) is 10.8. The van der Waals surface area contributed by atoms with Crippen molar-refractivity contribution in [3.8, 4) is 5.75 Å². The Labute approximate surface area is 96.2 Å². The molecule has 2 aromatic rings. The fourth-order valence-electron chi connectivity index (χ4n) is 1.32. The van der Waals surface area contributed by atoms with Gasteiger partial charge < -0.3 is 4.74 Å². The fraction of sp³-hybridized carbons (Fsp3) is 0.200. The summed E-state index contributed by atoms with van der Waals surface area (Å²) < 4.78 is 7.20. The van der Waals surface area contributed by atoms with Crippen molar-refractivity contribution in [1.82, 2.24) is 0 Å². The molecule has 0 aliphatic heterocycles. The Kier molecular flexibility index (Phi) is 2.86. The lowest BCUT2D eigenvalue weighted by atomic mass is 10.2. The first-order valence-electron chi connectivity index (χ1n) is 4.22. The number of fused-ring (bicyclic) bond motifs is 1. The minimum absolute atomic E-state index is 0.643. The highest BCUT2D eigenvalue weighted by atomic mass is 35.5. The molecule has 14 heavy (non-hydrogen) atoms. The lowest BCUT2D eigenvalue weighted by molar-refractivity contribution is 0.344. The van der Waals surface area contributed by atoms with Crippen LogP contribution in [0.25, 0.3) is 10.1 Å². The molecule has 1 aromatic carbocycles. The van der Waals surface area contributed by atoms with E-state index in [1.807, 2.05) is 25.1 Å². The molecule has 1 heterocycles. The summed E-state index contributed by atoms with van der Waals surface area (Å²) in [6.45, 7) is 2.60. The van der Waals surface area contributed by atoms with Gasteiger partial charge in [0.15, 0.2) is 0 Å². The predicted molar refractivity (Wildman–Crippen MR) is 63.0 cm³/mol. The third kappa shape index (κ3) is 1.70. The van der Waals surface area contributed by atoms with Crippen LogP contribution >= 0.6 is 34.5 Å². The molecule has 0 unspecified atom stereocenters. The number of benzene rings is 1. The Morgan fingerprint density at radius 3 is 2.86 bits per heavy atom. The van der Waals surface area contributed by atoms with Crippen molar-refractivity contribution in [3.63, 3.8) is 0 Å². The van der Waals surface area contributed by atoms with E-state index in [9.17, 15) is 0 Å². The van der Waals surface area contributed by atoms with Gasteiger partial charge in [-0.3, -0.25) is 0 Å². The highest BCUT2D eigenvalue weighted by Crippen LogP contribution is 2.39. The Balaban J connectivity index is 2.68. The molecule has 0 atom stereocenters. The molecule has 0 amide bonds. The number of thiophene rings is 1. The van der Waals surface area contributed by atoms with Gasteiger partial charge in [0.1, 0.15) is 5.75 Å². The zero-order chi connectivity index (χ0) is 10.1. The molecule has 0 N–H and O–H groups in total. The predicted octanol–water partition coefficient (Wildman–Crippen LogP) is 4.61. The van der Waals surface area contributed by atoms with Gasteiger partial charge in [-0.2, -0.15) is 0 Å². The molecular weight excluding hydrogens is 239 g/mol. The van der Waals surface area contributed by atoms with Crippen LogP contribution in [0.5, 0.6) is 5.75 Å². The molecular formula is C10H8Cl2OS. The fourth-order valence-corrected chi connectivity index (χ4v) is 2.74. The average molecular weight is 247 g/mol. The largest absolute Gasteiger partial charge is 0.493 e. The second-order valence-electron chi connectivity index (χ2n) is 2.77. The minimum Gasteiger partial charge on any atom is -0.493 e. The van der Waals surface area contributed by atoms with Crippen molar-refractivity contribution in [2.75, 3.05) is 6.61 Å². The zero-order valence-electron chi connectivity index (χ0n) is 7.51. The average Bonchev–Trinajstić information content (AvgIpc) is 2.53. The molecule has 0 saturated carbocycles. The van der Waals surface area contributed by atoms with Crippen LogP contribution < -0.4 is 4.74 Å². The van der Waals surface area contributed by atoms with Gasteiger partial charge >= 0.3 is 0 Å². The molecule has 1 aromatic heterocycles. The lowest BCUT2D eigenvalue weighted by Crippen LogP contribution is -1.90. The van der Waals surface area contributed by atoms with Crippen molar-refractivity contribution in [1.29, 1.82) is 0 Å². The molecule has 0 saturated heterocycles. The summed E-state index contributed by atoms with van der Waals surface area (Å²) in [7, 11) is 0. The SMILES string of the molecule is CCOc1ccc(Cl)c2sc(Cl)cc12. The number of hydrogen-bond acceptors (Lipinski definition) is 2. The molecule has 2 rings (SSSR count). The van der Waals surface area contributed by atoms with E-state index in [0.717, 1.165) is 25.2 Å². The van der Waals surface area contributed by atoms with Crippen LogP contribution in [-0.2, 0) is 0 Å². The van der Waals surface area contributed by atoms with Crippen LogP contribution in [0, 0.1) is 0 Å². The maximum atomic E-state index is 6.04. The molecule has 74 valence electrons. The Bertz CT molecular complexity index is 464. The summed E-state index contributed by atoms with van der Waals surface area (Å²) in [5, 5.41) is 1.72. The molecule has 4 heteroatoms. The topological polar surface area (TPSA) is 9.23 Å². The molecule has 0 fully saturated rings. The summed E-state index contributed by atoms with van der Waals surface area (Å²) in [5.74, 6) is 0.843. The zero-order valence-corrected chi connectivity index (χ0v) is 9.84. The van der Waals surface area contributed by atoms with E-state index in [1.54, 1.807) is 0 Å². The summed E-state index contributed by atoms with van der Waals surface area (Å²) in [6.07, 6.45) is 0. The molecule has 0 aliphatic carbocycles. The van der Waals surface area contributed by atoms with Gasteiger partial charge in [-0.25, -0.2) is 0 Å². The first kappa shape index (κ1) is 10.1. The van der Waals surface area contributed by atoms with E-state index in [0.29, 0.717) is 6.61 Å². The lowest BCUT2D eigenvalue weighted by Gasteiger charge is -2.04. The third-order valence-corrected chi connectivity index (χ3v) is 3.59. The smallest absolute Gasteiger partial charge is 0.128 e. The third-order valence-electron chi connectivity index (χ3n) is 1.87.